The molecule has 1 aromatic carbocycles. The summed E-state index contributed by atoms with van der Waals surface area (Å²) in [5.74, 6) is -0.220. The number of nitrogens with zero attached hydrogens (tertiary/aromatic N) is 2. The monoisotopic (exact) mass is 476 g/mol. The fourth-order valence-electron chi connectivity index (χ4n) is 3.14. The summed E-state index contributed by atoms with van der Waals surface area (Å²) in [6.07, 6.45) is 6.23. The number of rotatable bonds is 6. The minimum Gasteiger partial charge on any atom is -0.366 e. The van der Waals surface area contributed by atoms with Gasteiger partial charge in [0.25, 0.3) is 5.91 Å². The lowest BCUT2D eigenvalue weighted by molar-refractivity contribution is -0.124. The van der Waals surface area contributed by atoms with Crippen molar-refractivity contribution in [2.45, 2.75) is 25.4 Å². The van der Waals surface area contributed by atoms with Gasteiger partial charge in [-0.1, -0.05) is 23.7 Å². The number of nitrogens with one attached hydrogen (secondary N) is 2. The van der Waals surface area contributed by atoms with Gasteiger partial charge in [0.1, 0.15) is 11.6 Å². The summed E-state index contributed by atoms with van der Waals surface area (Å²) < 4.78 is 13.0. The molecule has 0 aliphatic carbocycles. The highest BCUT2D eigenvalue weighted by Gasteiger charge is 2.20. The first kappa shape index (κ1) is 26.1. The Labute approximate surface area is 192 Å². The Hall–Kier alpha value is -1.90. The quantitative estimate of drug-likeness (QED) is 0.328. The molecule has 2 aromatic rings. The lowest BCUT2D eigenvalue weighted by atomic mass is 10.0. The van der Waals surface area contributed by atoms with E-state index in [0.717, 1.165) is 38.0 Å². The number of pyridine rings is 1. The lowest BCUT2D eigenvalue weighted by Gasteiger charge is -2.32. The van der Waals surface area contributed by atoms with Crippen molar-refractivity contribution in [1.82, 2.24) is 15.4 Å². The van der Waals surface area contributed by atoms with Crippen molar-refractivity contribution in [2.24, 2.45) is 0 Å². The number of halogens is 4. The number of piperidine rings is 1. The molecular formula is C20H24Cl3FN4O2. The van der Waals surface area contributed by atoms with Crippen LogP contribution in [-0.2, 0) is 11.3 Å². The van der Waals surface area contributed by atoms with Crippen LogP contribution in [0.15, 0.2) is 42.6 Å². The van der Waals surface area contributed by atoms with Crippen molar-refractivity contribution in [3.63, 3.8) is 0 Å². The molecule has 0 unspecified atom stereocenters. The smallest absolute Gasteiger partial charge is 0.267 e. The molecule has 6 nitrogen and oxygen atoms in total. The van der Waals surface area contributed by atoms with E-state index in [0.29, 0.717) is 16.4 Å². The molecule has 0 atom stereocenters. The number of likely N-dealkylation sites (tertiary alicyclic amines) is 1. The van der Waals surface area contributed by atoms with Gasteiger partial charge in [0.2, 0.25) is 0 Å². The number of carbonyl (C=O) groups is 1. The molecule has 164 valence electrons. The number of amides is 1. The van der Waals surface area contributed by atoms with Crippen LogP contribution in [0.4, 0.5) is 10.2 Å². The van der Waals surface area contributed by atoms with Gasteiger partial charge in [-0.25, -0.2) is 14.9 Å². The van der Waals surface area contributed by atoms with Gasteiger partial charge < -0.3 is 5.32 Å². The van der Waals surface area contributed by atoms with Gasteiger partial charge in [-0.3, -0.25) is 14.9 Å². The van der Waals surface area contributed by atoms with E-state index in [4.69, 9.17) is 16.8 Å². The number of hydroxylamine groups is 1. The van der Waals surface area contributed by atoms with Crippen molar-refractivity contribution in [1.29, 1.82) is 0 Å². The van der Waals surface area contributed by atoms with Gasteiger partial charge in [0, 0.05) is 37.9 Å². The Bertz CT molecular complexity index is 844. The van der Waals surface area contributed by atoms with Crippen molar-refractivity contribution < 1.29 is 14.4 Å². The van der Waals surface area contributed by atoms with Crippen LogP contribution in [0.5, 0.6) is 0 Å². The molecule has 1 aliphatic rings. The molecule has 3 rings (SSSR count). The molecule has 1 aliphatic heterocycles. The number of aromatic nitrogens is 1. The van der Waals surface area contributed by atoms with Crippen LogP contribution in [0.1, 0.15) is 24.0 Å². The Morgan fingerprint density at radius 2 is 1.93 bits per heavy atom. The summed E-state index contributed by atoms with van der Waals surface area (Å²) in [7, 11) is 0. The Balaban J connectivity index is 0.00000225. The molecule has 10 heteroatoms. The van der Waals surface area contributed by atoms with Crippen LogP contribution < -0.4 is 10.8 Å². The van der Waals surface area contributed by atoms with Crippen LogP contribution in [-0.4, -0.2) is 40.1 Å². The van der Waals surface area contributed by atoms with Gasteiger partial charge in [-0.15, -0.1) is 24.8 Å². The van der Waals surface area contributed by atoms with E-state index in [1.54, 1.807) is 12.3 Å². The molecule has 0 radical (unpaired) electrons. The first-order valence-electron chi connectivity index (χ1n) is 9.04. The van der Waals surface area contributed by atoms with Crippen molar-refractivity contribution in [3.05, 3.63) is 64.6 Å². The topological polar surface area (TPSA) is 77.5 Å². The van der Waals surface area contributed by atoms with E-state index in [9.17, 15) is 9.18 Å². The van der Waals surface area contributed by atoms with Crippen molar-refractivity contribution >= 4 is 54.2 Å². The SMILES string of the molecule is Cl.Cl.O=C(/C=C/c1cnc(NC2CCN(Cc3ccc(F)cc3)CC2)c(Cl)c1)NO. The third kappa shape index (κ3) is 7.74. The second-order valence-corrected chi connectivity index (χ2v) is 7.14. The second-order valence-electron chi connectivity index (χ2n) is 6.73. The minimum atomic E-state index is -0.620. The maximum Gasteiger partial charge on any atom is 0.267 e. The Kier molecular flexibility index (Phi) is 11.1. The molecule has 0 bridgehead atoms. The molecule has 1 saturated heterocycles. The van der Waals surface area contributed by atoms with Gasteiger partial charge in [-0.05, 0) is 48.2 Å². The molecular weight excluding hydrogens is 454 g/mol. The minimum absolute atomic E-state index is 0. The Morgan fingerprint density at radius 3 is 2.53 bits per heavy atom. The van der Waals surface area contributed by atoms with Crippen LogP contribution in [0.2, 0.25) is 5.02 Å². The molecule has 1 amide bonds. The van der Waals surface area contributed by atoms with Gasteiger partial charge in [0.15, 0.2) is 0 Å². The number of hydrogen-bond acceptors (Lipinski definition) is 5. The highest BCUT2D eigenvalue weighted by atomic mass is 35.5. The first-order valence-corrected chi connectivity index (χ1v) is 9.42. The predicted molar refractivity (Wildman–Crippen MR) is 121 cm³/mol. The molecule has 30 heavy (non-hydrogen) atoms. The van der Waals surface area contributed by atoms with E-state index < -0.39 is 5.91 Å². The van der Waals surface area contributed by atoms with Gasteiger partial charge in [-0.2, -0.15) is 0 Å². The zero-order valence-corrected chi connectivity index (χ0v) is 18.4. The second kappa shape index (κ2) is 12.7. The lowest BCUT2D eigenvalue weighted by Crippen LogP contribution is -2.38. The third-order valence-corrected chi connectivity index (χ3v) is 4.94. The van der Waals surface area contributed by atoms with Crippen molar-refractivity contribution in [2.75, 3.05) is 18.4 Å². The number of carbonyl (C=O) groups excluding carboxylic acids is 1. The number of benzene rings is 1. The first-order chi connectivity index (χ1) is 13.5. The number of hydrogen-bond donors (Lipinski definition) is 3. The predicted octanol–water partition coefficient (Wildman–Crippen LogP) is 4.31. The molecule has 2 heterocycles. The van der Waals surface area contributed by atoms with Gasteiger partial charge in [0.05, 0.1) is 5.02 Å². The average molecular weight is 478 g/mol. The largest absolute Gasteiger partial charge is 0.366 e. The molecule has 0 saturated carbocycles. The molecule has 0 spiro atoms. The third-order valence-electron chi connectivity index (χ3n) is 4.65. The average Bonchev–Trinajstić information content (AvgIpc) is 2.71. The standard InChI is InChI=1S/C20H22ClFN4O2.2ClH/c21-18-11-15(3-6-19(27)25-28)12-23-20(18)24-17-7-9-26(10-8-17)13-14-1-4-16(22)5-2-14;;/h1-6,11-12,17,28H,7-10,13H2,(H,23,24)(H,25,27);2*1H/b6-3+;;. The van der Waals surface area contributed by atoms with Gasteiger partial charge >= 0.3 is 0 Å². The van der Waals surface area contributed by atoms with E-state index in [1.165, 1.54) is 29.8 Å². The fraction of sp³-hybridized carbons (Fsp3) is 0.300. The zero-order valence-electron chi connectivity index (χ0n) is 16.1. The fourth-order valence-corrected chi connectivity index (χ4v) is 3.37. The molecule has 1 fully saturated rings. The van der Waals surface area contributed by atoms with E-state index in [-0.39, 0.29) is 36.7 Å². The summed E-state index contributed by atoms with van der Waals surface area (Å²) in [5.41, 5.74) is 3.29. The highest BCUT2D eigenvalue weighted by Crippen LogP contribution is 2.24. The summed E-state index contributed by atoms with van der Waals surface area (Å²) in [5, 5.41) is 12.3. The highest BCUT2D eigenvalue weighted by molar-refractivity contribution is 6.33. The normalized spacial score (nSPS) is 14.6. The number of anilines is 1. The van der Waals surface area contributed by atoms with E-state index >= 15 is 0 Å². The molecule has 3 N–H and O–H groups in total. The van der Waals surface area contributed by atoms with Crippen LogP contribution in [0.25, 0.3) is 6.08 Å². The summed E-state index contributed by atoms with van der Waals surface area (Å²) >= 11 is 6.30. The summed E-state index contributed by atoms with van der Waals surface area (Å²) in [4.78, 5) is 17.7. The van der Waals surface area contributed by atoms with Crippen LogP contribution in [0.3, 0.4) is 0 Å². The maximum atomic E-state index is 13.0. The zero-order chi connectivity index (χ0) is 19.9. The maximum absolute atomic E-state index is 13.0. The summed E-state index contributed by atoms with van der Waals surface area (Å²) in [6, 6.07) is 8.61. The van der Waals surface area contributed by atoms with E-state index in [1.807, 2.05) is 12.1 Å². The van der Waals surface area contributed by atoms with Crippen molar-refractivity contribution in [3.8, 4) is 0 Å². The van der Waals surface area contributed by atoms with Crippen LogP contribution >= 0.6 is 36.4 Å². The Morgan fingerprint density at radius 1 is 1.27 bits per heavy atom. The van der Waals surface area contributed by atoms with E-state index in [2.05, 4.69) is 15.2 Å². The molecule has 1 aromatic heterocycles. The summed E-state index contributed by atoms with van der Waals surface area (Å²) in [6.45, 7) is 2.68. The van der Waals surface area contributed by atoms with Crippen LogP contribution in [0, 0.1) is 5.82 Å².